The SMILES string of the molecule is COc1cc(Br)cc(C=Nc2ccc(-c3nc4cc(C)ccc4o3)c(O)c2)c1O. The molecule has 4 rings (SSSR count). The van der Waals surface area contributed by atoms with Crippen molar-refractivity contribution in [2.24, 2.45) is 4.99 Å². The average molecular weight is 453 g/mol. The molecule has 0 amide bonds. The number of phenolic OH excluding ortho intramolecular Hbond substituents is 2. The molecule has 7 heteroatoms. The highest BCUT2D eigenvalue weighted by atomic mass is 79.9. The monoisotopic (exact) mass is 452 g/mol. The first kappa shape index (κ1) is 19.0. The zero-order chi connectivity index (χ0) is 20.5. The van der Waals surface area contributed by atoms with Crippen molar-refractivity contribution in [1.29, 1.82) is 0 Å². The minimum atomic E-state index is -0.0120. The zero-order valence-corrected chi connectivity index (χ0v) is 17.3. The number of phenols is 2. The Labute approximate surface area is 175 Å². The molecule has 0 saturated carbocycles. The summed E-state index contributed by atoms with van der Waals surface area (Å²) in [6, 6.07) is 14.1. The molecule has 0 fully saturated rings. The third kappa shape index (κ3) is 3.82. The number of halogens is 1. The Balaban J connectivity index is 1.65. The second-order valence-electron chi connectivity index (χ2n) is 6.50. The molecule has 2 N–H and O–H groups in total. The molecule has 146 valence electrons. The molecule has 1 heterocycles. The van der Waals surface area contributed by atoms with E-state index >= 15 is 0 Å². The molecular formula is C22H17BrN2O4. The van der Waals surface area contributed by atoms with E-state index in [1.165, 1.54) is 19.4 Å². The summed E-state index contributed by atoms with van der Waals surface area (Å²) in [6.07, 6.45) is 1.50. The molecule has 0 spiro atoms. The first-order valence-electron chi connectivity index (χ1n) is 8.76. The highest BCUT2D eigenvalue weighted by Gasteiger charge is 2.13. The smallest absolute Gasteiger partial charge is 0.231 e. The Morgan fingerprint density at radius 3 is 2.69 bits per heavy atom. The van der Waals surface area contributed by atoms with Gasteiger partial charge in [0.25, 0.3) is 0 Å². The van der Waals surface area contributed by atoms with Crippen LogP contribution in [0.5, 0.6) is 17.2 Å². The molecule has 29 heavy (non-hydrogen) atoms. The molecule has 0 aliphatic carbocycles. The molecular weight excluding hydrogens is 436 g/mol. The minimum absolute atomic E-state index is 0.000951. The van der Waals surface area contributed by atoms with Gasteiger partial charge in [-0.1, -0.05) is 22.0 Å². The fraction of sp³-hybridized carbons (Fsp3) is 0.0909. The molecule has 0 bridgehead atoms. The summed E-state index contributed by atoms with van der Waals surface area (Å²) >= 11 is 3.37. The van der Waals surface area contributed by atoms with Gasteiger partial charge in [-0.05, 0) is 48.9 Å². The lowest BCUT2D eigenvalue weighted by Gasteiger charge is -2.07. The number of methoxy groups -OCH3 is 1. The molecule has 0 radical (unpaired) electrons. The lowest BCUT2D eigenvalue weighted by atomic mass is 10.1. The van der Waals surface area contributed by atoms with E-state index in [1.54, 1.807) is 24.3 Å². The summed E-state index contributed by atoms with van der Waals surface area (Å²) in [5, 5.41) is 20.7. The fourth-order valence-electron chi connectivity index (χ4n) is 2.93. The van der Waals surface area contributed by atoms with Gasteiger partial charge in [-0.15, -0.1) is 0 Å². The first-order chi connectivity index (χ1) is 13.9. The van der Waals surface area contributed by atoms with Gasteiger partial charge in [-0.2, -0.15) is 0 Å². The van der Waals surface area contributed by atoms with Gasteiger partial charge in [0.05, 0.1) is 18.4 Å². The molecule has 0 atom stereocenters. The number of rotatable bonds is 4. The number of aromatic hydroxyl groups is 2. The molecule has 0 saturated heterocycles. The van der Waals surface area contributed by atoms with Crippen LogP contribution in [0, 0.1) is 6.92 Å². The van der Waals surface area contributed by atoms with Crippen LogP contribution in [0.2, 0.25) is 0 Å². The third-order valence-electron chi connectivity index (χ3n) is 4.40. The van der Waals surface area contributed by atoms with Crippen molar-refractivity contribution in [1.82, 2.24) is 4.98 Å². The van der Waals surface area contributed by atoms with Crippen LogP contribution in [0.3, 0.4) is 0 Å². The van der Waals surface area contributed by atoms with Gasteiger partial charge < -0.3 is 19.4 Å². The normalized spacial score (nSPS) is 11.4. The van der Waals surface area contributed by atoms with Crippen molar-refractivity contribution < 1.29 is 19.4 Å². The predicted octanol–water partition coefficient (Wildman–Crippen LogP) is 5.74. The molecule has 0 unspecified atom stereocenters. The van der Waals surface area contributed by atoms with Gasteiger partial charge in [0.2, 0.25) is 5.89 Å². The number of fused-ring (bicyclic) bond motifs is 1. The van der Waals surface area contributed by atoms with Crippen LogP contribution in [0.25, 0.3) is 22.6 Å². The van der Waals surface area contributed by atoms with E-state index in [2.05, 4.69) is 25.9 Å². The Kier molecular flexibility index (Phi) is 4.98. The summed E-state index contributed by atoms with van der Waals surface area (Å²) in [5.41, 5.74) is 3.95. The second kappa shape index (κ2) is 7.60. The van der Waals surface area contributed by atoms with Crippen LogP contribution in [-0.2, 0) is 0 Å². The van der Waals surface area contributed by atoms with E-state index in [0.29, 0.717) is 34.0 Å². The number of nitrogens with zero attached hydrogens (tertiary/aromatic N) is 2. The van der Waals surface area contributed by atoms with E-state index in [9.17, 15) is 10.2 Å². The van der Waals surface area contributed by atoms with E-state index in [4.69, 9.17) is 9.15 Å². The van der Waals surface area contributed by atoms with E-state index in [0.717, 1.165) is 15.6 Å². The van der Waals surface area contributed by atoms with E-state index < -0.39 is 0 Å². The van der Waals surface area contributed by atoms with Crippen LogP contribution in [0.4, 0.5) is 5.69 Å². The van der Waals surface area contributed by atoms with Crippen molar-refractivity contribution in [3.8, 4) is 28.7 Å². The van der Waals surface area contributed by atoms with E-state index in [1.807, 2.05) is 25.1 Å². The predicted molar refractivity (Wildman–Crippen MR) is 115 cm³/mol. The number of aryl methyl sites for hydroxylation is 1. The number of aromatic nitrogens is 1. The number of ether oxygens (including phenoxy) is 1. The summed E-state index contributed by atoms with van der Waals surface area (Å²) in [5.74, 6) is 0.666. The Hall–Kier alpha value is -3.32. The lowest BCUT2D eigenvalue weighted by molar-refractivity contribution is 0.373. The third-order valence-corrected chi connectivity index (χ3v) is 4.85. The van der Waals surface area contributed by atoms with Crippen LogP contribution >= 0.6 is 15.9 Å². The number of hydrogen-bond donors (Lipinski definition) is 2. The number of benzene rings is 3. The Bertz CT molecular complexity index is 1250. The zero-order valence-electron chi connectivity index (χ0n) is 15.7. The number of oxazole rings is 1. The quantitative estimate of drug-likeness (QED) is 0.385. The summed E-state index contributed by atoms with van der Waals surface area (Å²) in [4.78, 5) is 8.78. The lowest BCUT2D eigenvalue weighted by Crippen LogP contribution is -1.89. The summed E-state index contributed by atoms with van der Waals surface area (Å²) < 4.78 is 11.6. The summed E-state index contributed by atoms with van der Waals surface area (Å²) in [6.45, 7) is 1.98. The minimum Gasteiger partial charge on any atom is -0.507 e. The number of aliphatic imine (C=N–C) groups is 1. The van der Waals surface area contributed by atoms with E-state index in [-0.39, 0.29) is 11.5 Å². The topological polar surface area (TPSA) is 88.1 Å². The molecule has 6 nitrogen and oxygen atoms in total. The second-order valence-corrected chi connectivity index (χ2v) is 7.41. The van der Waals surface area contributed by atoms with Crippen molar-refractivity contribution in [3.05, 3.63) is 64.1 Å². The van der Waals surface area contributed by atoms with Crippen LogP contribution in [0.15, 0.2) is 62.4 Å². The van der Waals surface area contributed by atoms with Gasteiger partial charge in [0.15, 0.2) is 17.1 Å². The van der Waals surface area contributed by atoms with Gasteiger partial charge in [-0.3, -0.25) is 4.99 Å². The maximum Gasteiger partial charge on any atom is 0.231 e. The van der Waals surface area contributed by atoms with Crippen LogP contribution in [0.1, 0.15) is 11.1 Å². The van der Waals surface area contributed by atoms with Gasteiger partial charge in [-0.25, -0.2) is 4.98 Å². The molecule has 1 aromatic heterocycles. The molecule has 0 aliphatic heterocycles. The maximum absolute atomic E-state index is 10.5. The average Bonchev–Trinajstić information content (AvgIpc) is 3.11. The maximum atomic E-state index is 10.5. The Morgan fingerprint density at radius 1 is 1.10 bits per heavy atom. The van der Waals surface area contributed by atoms with Crippen LogP contribution in [-0.4, -0.2) is 28.5 Å². The Morgan fingerprint density at radius 2 is 1.93 bits per heavy atom. The van der Waals surface area contributed by atoms with Gasteiger partial charge >= 0.3 is 0 Å². The summed E-state index contributed by atoms with van der Waals surface area (Å²) in [7, 11) is 1.48. The van der Waals surface area contributed by atoms with Crippen molar-refractivity contribution in [3.63, 3.8) is 0 Å². The number of hydrogen-bond acceptors (Lipinski definition) is 6. The highest BCUT2D eigenvalue weighted by molar-refractivity contribution is 9.10. The first-order valence-corrected chi connectivity index (χ1v) is 9.55. The van der Waals surface area contributed by atoms with Crippen molar-refractivity contribution in [2.45, 2.75) is 6.92 Å². The largest absolute Gasteiger partial charge is 0.507 e. The van der Waals surface area contributed by atoms with Gasteiger partial charge in [0.1, 0.15) is 11.3 Å². The molecule has 3 aromatic carbocycles. The van der Waals surface area contributed by atoms with Crippen molar-refractivity contribution >= 4 is 38.9 Å². The fourth-order valence-corrected chi connectivity index (χ4v) is 3.38. The standard InChI is InChI=1S/C22H17BrN2O4/c1-12-3-6-19-17(7-12)25-22(29-19)16-5-4-15(10-18(16)26)24-11-13-8-14(23)9-20(28-2)21(13)27/h3-11,26-27H,1-2H3. The van der Waals surface area contributed by atoms with Gasteiger partial charge in [0, 0.05) is 22.3 Å². The van der Waals surface area contributed by atoms with Crippen LogP contribution < -0.4 is 4.74 Å². The van der Waals surface area contributed by atoms with Crippen molar-refractivity contribution in [2.75, 3.05) is 7.11 Å². The highest BCUT2D eigenvalue weighted by Crippen LogP contribution is 2.35. The molecule has 4 aromatic rings. The molecule has 0 aliphatic rings.